The van der Waals surface area contributed by atoms with E-state index < -0.39 is 0 Å². The van der Waals surface area contributed by atoms with E-state index in [-0.39, 0.29) is 12.4 Å². The molecule has 1 N–H and O–H groups in total. The third-order valence-corrected chi connectivity index (χ3v) is 3.54. The first kappa shape index (κ1) is 12.3. The van der Waals surface area contributed by atoms with Crippen molar-refractivity contribution in [2.45, 2.75) is 33.3 Å². The van der Waals surface area contributed by atoms with Gasteiger partial charge >= 0.3 is 0 Å². The predicted molar refractivity (Wildman–Crippen MR) is 65.3 cm³/mol. The van der Waals surface area contributed by atoms with E-state index in [0.29, 0.717) is 16.8 Å². The minimum absolute atomic E-state index is 0.277. The molecule has 94 valence electrons. The molecular weight excluding hydrogens is 219 g/mol. The van der Waals surface area contributed by atoms with E-state index in [2.05, 4.69) is 18.8 Å². The SMILES string of the molecule is CC1(C)CCN(c2nccc(CO)c2F)CC1. The van der Waals surface area contributed by atoms with Gasteiger partial charge < -0.3 is 10.0 Å². The Kier molecular flexibility index (Phi) is 3.33. The smallest absolute Gasteiger partial charge is 0.171 e. The van der Waals surface area contributed by atoms with Gasteiger partial charge in [-0.2, -0.15) is 0 Å². The third-order valence-electron chi connectivity index (χ3n) is 3.54. The zero-order valence-corrected chi connectivity index (χ0v) is 10.4. The van der Waals surface area contributed by atoms with Crippen LogP contribution in [0.5, 0.6) is 0 Å². The zero-order valence-electron chi connectivity index (χ0n) is 10.4. The Labute approximate surface area is 101 Å². The molecule has 1 aromatic rings. The van der Waals surface area contributed by atoms with Gasteiger partial charge in [-0.05, 0) is 24.3 Å². The van der Waals surface area contributed by atoms with Crippen molar-refractivity contribution in [1.82, 2.24) is 4.98 Å². The number of rotatable bonds is 2. The van der Waals surface area contributed by atoms with Gasteiger partial charge in [-0.3, -0.25) is 0 Å². The van der Waals surface area contributed by atoms with Crippen LogP contribution in [0.4, 0.5) is 10.2 Å². The number of anilines is 1. The lowest BCUT2D eigenvalue weighted by atomic mass is 9.83. The molecule has 1 saturated heterocycles. The number of pyridine rings is 1. The van der Waals surface area contributed by atoms with Gasteiger partial charge in [-0.15, -0.1) is 0 Å². The summed E-state index contributed by atoms with van der Waals surface area (Å²) in [6, 6.07) is 1.52. The molecular formula is C13H19FN2O. The van der Waals surface area contributed by atoms with Gasteiger partial charge in [0.25, 0.3) is 0 Å². The molecule has 2 rings (SSSR count). The number of aliphatic hydroxyl groups is 1. The van der Waals surface area contributed by atoms with Crippen LogP contribution in [0.1, 0.15) is 32.3 Å². The number of hydrogen-bond acceptors (Lipinski definition) is 3. The van der Waals surface area contributed by atoms with Crippen molar-refractivity contribution >= 4 is 5.82 Å². The van der Waals surface area contributed by atoms with Crippen molar-refractivity contribution in [3.05, 3.63) is 23.6 Å². The minimum atomic E-state index is -0.380. The van der Waals surface area contributed by atoms with Crippen molar-refractivity contribution in [2.75, 3.05) is 18.0 Å². The first-order valence-corrected chi connectivity index (χ1v) is 6.03. The largest absolute Gasteiger partial charge is 0.392 e. The van der Waals surface area contributed by atoms with Crippen LogP contribution in [0.25, 0.3) is 0 Å². The molecule has 0 saturated carbocycles. The number of hydrogen-bond donors (Lipinski definition) is 1. The summed E-state index contributed by atoms with van der Waals surface area (Å²) in [4.78, 5) is 6.07. The summed E-state index contributed by atoms with van der Waals surface area (Å²) in [7, 11) is 0. The lowest BCUT2D eigenvalue weighted by Gasteiger charge is -2.37. The standard InChI is InChI=1S/C13H19FN2O/c1-13(2)4-7-16(8-5-13)12-11(14)10(9-17)3-6-15-12/h3,6,17H,4-5,7-9H2,1-2H3. The van der Waals surface area contributed by atoms with Gasteiger partial charge in [0.2, 0.25) is 0 Å². The highest BCUT2D eigenvalue weighted by Crippen LogP contribution is 2.32. The summed E-state index contributed by atoms with van der Waals surface area (Å²) in [5.74, 6) is 0.00163. The van der Waals surface area contributed by atoms with Crippen molar-refractivity contribution in [3.63, 3.8) is 0 Å². The minimum Gasteiger partial charge on any atom is -0.392 e. The van der Waals surface area contributed by atoms with Crippen LogP contribution < -0.4 is 4.90 Å². The van der Waals surface area contributed by atoms with Crippen LogP contribution >= 0.6 is 0 Å². The summed E-state index contributed by atoms with van der Waals surface area (Å²) in [5, 5.41) is 9.04. The number of halogens is 1. The van der Waals surface area contributed by atoms with E-state index in [0.717, 1.165) is 25.9 Å². The second kappa shape index (κ2) is 4.61. The van der Waals surface area contributed by atoms with Gasteiger partial charge in [0, 0.05) is 24.8 Å². The number of piperidine rings is 1. The summed E-state index contributed by atoms with van der Waals surface area (Å²) in [6.45, 7) is 5.84. The Bertz CT molecular complexity index is 396. The third kappa shape index (κ3) is 2.57. The average molecular weight is 238 g/mol. The monoisotopic (exact) mass is 238 g/mol. The maximum atomic E-state index is 14.0. The predicted octanol–water partition coefficient (Wildman–Crippen LogP) is 2.34. The second-order valence-corrected chi connectivity index (χ2v) is 5.42. The quantitative estimate of drug-likeness (QED) is 0.859. The maximum absolute atomic E-state index is 14.0. The van der Waals surface area contributed by atoms with Crippen molar-refractivity contribution in [2.24, 2.45) is 5.41 Å². The molecule has 17 heavy (non-hydrogen) atoms. The first-order valence-electron chi connectivity index (χ1n) is 6.03. The fourth-order valence-corrected chi connectivity index (χ4v) is 2.14. The van der Waals surface area contributed by atoms with Crippen LogP contribution in [-0.2, 0) is 6.61 Å². The molecule has 1 fully saturated rings. The number of aliphatic hydroxyl groups excluding tert-OH is 1. The number of nitrogens with zero attached hydrogens (tertiary/aromatic N) is 2. The summed E-state index contributed by atoms with van der Waals surface area (Å²) >= 11 is 0. The van der Waals surface area contributed by atoms with E-state index in [1.807, 2.05) is 4.90 Å². The van der Waals surface area contributed by atoms with Gasteiger partial charge in [0.1, 0.15) is 0 Å². The van der Waals surface area contributed by atoms with Crippen molar-refractivity contribution in [3.8, 4) is 0 Å². The molecule has 0 atom stereocenters. The summed E-state index contributed by atoms with van der Waals surface area (Å²) in [5.41, 5.74) is 0.654. The first-order chi connectivity index (χ1) is 8.03. The fraction of sp³-hybridized carbons (Fsp3) is 0.615. The molecule has 0 amide bonds. The molecule has 0 bridgehead atoms. The topological polar surface area (TPSA) is 36.4 Å². The van der Waals surface area contributed by atoms with E-state index in [9.17, 15) is 4.39 Å². The van der Waals surface area contributed by atoms with Crippen LogP contribution in [0.3, 0.4) is 0 Å². The van der Waals surface area contributed by atoms with Gasteiger partial charge in [-0.25, -0.2) is 9.37 Å². The molecule has 0 unspecified atom stereocenters. The van der Waals surface area contributed by atoms with Crippen LogP contribution in [0.15, 0.2) is 12.3 Å². The van der Waals surface area contributed by atoms with E-state index in [1.165, 1.54) is 6.07 Å². The molecule has 0 aromatic carbocycles. The molecule has 0 radical (unpaired) electrons. The highest BCUT2D eigenvalue weighted by molar-refractivity contribution is 5.43. The molecule has 0 aliphatic carbocycles. The maximum Gasteiger partial charge on any atom is 0.171 e. The lowest BCUT2D eigenvalue weighted by Crippen LogP contribution is -2.38. The summed E-state index contributed by atoms with van der Waals surface area (Å²) < 4.78 is 14.0. The van der Waals surface area contributed by atoms with E-state index >= 15 is 0 Å². The normalized spacial score (nSPS) is 19.4. The summed E-state index contributed by atoms with van der Waals surface area (Å²) in [6.07, 6.45) is 3.64. The Morgan fingerprint density at radius 2 is 2.06 bits per heavy atom. The molecule has 1 aliphatic heterocycles. The Morgan fingerprint density at radius 3 is 2.65 bits per heavy atom. The zero-order chi connectivity index (χ0) is 12.5. The van der Waals surface area contributed by atoms with Crippen molar-refractivity contribution in [1.29, 1.82) is 0 Å². The Hall–Kier alpha value is -1.16. The van der Waals surface area contributed by atoms with Crippen LogP contribution in [0, 0.1) is 11.2 Å². The molecule has 3 nitrogen and oxygen atoms in total. The molecule has 1 aromatic heterocycles. The van der Waals surface area contributed by atoms with E-state index in [4.69, 9.17) is 5.11 Å². The van der Waals surface area contributed by atoms with E-state index in [1.54, 1.807) is 6.20 Å². The van der Waals surface area contributed by atoms with Crippen LogP contribution in [-0.4, -0.2) is 23.2 Å². The van der Waals surface area contributed by atoms with Gasteiger partial charge in [0.15, 0.2) is 11.6 Å². The molecule has 2 heterocycles. The molecule has 4 heteroatoms. The fourth-order valence-electron chi connectivity index (χ4n) is 2.14. The highest BCUT2D eigenvalue weighted by Gasteiger charge is 2.27. The molecule has 0 spiro atoms. The average Bonchev–Trinajstić information content (AvgIpc) is 2.30. The van der Waals surface area contributed by atoms with Crippen molar-refractivity contribution < 1.29 is 9.50 Å². The Balaban J connectivity index is 2.19. The van der Waals surface area contributed by atoms with Gasteiger partial charge in [0.05, 0.1) is 6.61 Å². The molecule has 1 aliphatic rings. The highest BCUT2D eigenvalue weighted by atomic mass is 19.1. The lowest BCUT2D eigenvalue weighted by molar-refractivity contribution is 0.271. The Morgan fingerprint density at radius 1 is 1.41 bits per heavy atom. The van der Waals surface area contributed by atoms with Crippen LogP contribution in [0.2, 0.25) is 0 Å². The number of aromatic nitrogens is 1. The van der Waals surface area contributed by atoms with Gasteiger partial charge in [-0.1, -0.05) is 13.8 Å². The second-order valence-electron chi connectivity index (χ2n) is 5.42.